The van der Waals surface area contributed by atoms with Gasteiger partial charge in [-0.2, -0.15) is 10.5 Å². The lowest BCUT2D eigenvalue weighted by Crippen LogP contribution is -2.30. The van der Waals surface area contributed by atoms with Crippen LogP contribution in [-0.2, 0) is 11.3 Å². The lowest BCUT2D eigenvalue weighted by molar-refractivity contribution is -0.126. The molecule has 96 valence electrons. The Morgan fingerprint density at radius 1 is 1.56 bits per heavy atom. The second kappa shape index (κ2) is 5.40. The van der Waals surface area contributed by atoms with E-state index >= 15 is 0 Å². The molecule has 1 aliphatic heterocycles. The molecular weight excluding hydrogens is 246 g/mol. The number of nitrogens with zero attached hydrogens (tertiary/aromatic N) is 1. The summed E-state index contributed by atoms with van der Waals surface area (Å²) in [7, 11) is 1.58. The van der Waals surface area contributed by atoms with Crippen LogP contribution in [0.1, 0.15) is 5.56 Å². The highest BCUT2D eigenvalue weighted by molar-refractivity contribution is 8.14. The van der Waals surface area contributed by atoms with Crippen LogP contribution in [0, 0.1) is 0 Å². The summed E-state index contributed by atoms with van der Waals surface area (Å²) in [5.41, 5.74) is 1.13. The number of ether oxygens (including phenoxy) is 1. The molecule has 18 heavy (non-hydrogen) atoms. The van der Waals surface area contributed by atoms with Gasteiger partial charge in [0.2, 0.25) is 5.91 Å². The predicted octanol–water partition coefficient (Wildman–Crippen LogP) is 2.28. The van der Waals surface area contributed by atoms with E-state index < -0.39 is 0 Å². The summed E-state index contributed by atoms with van der Waals surface area (Å²) in [6, 6.07) is 6.01. The molecule has 1 amide bonds. The molecule has 0 saturated heterocycles. The van der Waals surface area contributed by atoms with Crippen LogP contribution in [0.3, 0.4) is 0 Å². The lowest BCUT2D eigenvalue weighted by Gasteiger charge is -2.18. The summed E-state index contributed by atoms with van der Waals surface area (Å²) in [6.07, 6.45) is 1.37. The van der Waals surface area contributed by atoms with Gasteiger partial charge in [0.15, 0.2) is 0 Å². The van der Waals surface area contributed by atoms with E-state index in [1.807, 2.05) is 17.0 Å². The van der Waals surface area contributed by atoms with E-state index in [2.05, 4.69) is 18.5 Å². The minimum Gasteiger partial charge on any atom is -0.497 e. The van der Waals surface area contributed by atoms with Crippen molar-refractivity contribution in [3.05, 3.63) is 36.4 Å². The van der Waals surface area contributed by atoms with Crippen molar-refractivity contribution in [3.63, 3.8) is 0 Å². The van der Waals surface area contributed by atoms with E-state index in [1.54, 1.807) is 7.11 Å². The quantitative estimate of drug-likeness (QED) is 0.605. The van der Waals surface area contributed by atoms with Crippen molar-refractivity contribution in [2.45, 2.75) is 11.4 Å². The Balaban J connectivity index is 2.39. The zero-order valence-corrected chi connectivity index (χ0v) is 11.3. The number of methoxy groups -OCH3 is 1. The van der Waals surface area contributed by atoms with Crippen LogP contribution in [-0.4, -0.2) is 36.1 Å². The Bertz CT molecular complexity index is 511. The number of amides is 1. The van der Waals surface area contributed by atoms with Crippen LogP contribution in [0.5, 0.6) is 5.75 Å². The Kier molecular flexibility index (Phi) is 3.87. The Morgan fingerprint density at radius 2 is 2.33 bits per heavy atom. The van der Waals surface area contributed by atoms with Crippen molar-refractivity contribution in [1.29, 1.82) is 0 Å². The molecule has 0 bridgehead atoms. The molecule has 1 aromatic rings. The van der Waals surface area contributed by atoms with Crippen LogP contribution in [0.15, 0.2) is 35.7 Å². The van der Waals surface area contributed by atoms with E-state index in [-0.39, 0.29) is 16.4 Å². The maximum Gasteiger partial charge on any atom is 0.246 e. The third-order valence-electron chi connectivity index (χ3n) is 3.03. The largest absolute Gasteiger partial charge is 0.497 e. The summed E-state index contributed by atoms with van der Waals surface area (Å²) in [5, 5.41) is 0. The molecule has 0 saturated carbocycles. The number of carbonyl (C=O) groups excluding carboxylic acids is 1. The standard InChI is InChI=1S/C14H17NO2S/c1-4-14(16)15-7-8-18(3)13-6-5-12(17-2)9-11(13)10-15/h4-6,9H,1,3,7-8,10H2,2H3. The van der Waals surface area contributed by atoms with Gasteiger partial charge in [0.1, 0.15) is 5.75 Å². The molecular formula is C14H17NO2S. The van der Waals surface area contributed by atoms with Crippen LogP contribution < -0.4 is 4.74 Å². The maximum atomic E-state index is 11.7. The van der Waals surface area contributed by atoms with Crippen molar-refractivity contribution in [2.24, 2.45) is 0 Å². The van der Waals surface area contributed by atoms with Gasteiger partial charge in [0, 0.05) is 23.7 Å². The first-order chi connectivity index (χ1) is 8.65. The van der Waals surface area contributed by atoms with Gasteiger partial charge >= 0.3 is 0 Å². The van der Waals surface area contributed by atoms with E-state index in [0.717, 1.165) is 23.6 Å². The molecule has 0 spiro atoms. The number of benzene rings is 1. The summed E-state index contributed by atoms with van der Waals surface area (Å²) in [4.78, 5) is 14.8. The van der Waals surface area contributed by atoms with Crippen molar-refractivity contribution in [3.8, 4) is 5.75 Å². The molecule has 2 rings (SSSR count). The van der Waals surface area contributed by atoms with Gasteiger partial charge in [-0.3, -0.25) is 4.79 Å². The first-order valence-corrected chi connectivity index (χ1v) is 7.31. The molecule has 0 aromatic heterocycles. The normalized spacial score (nSPS) is 18.7. The topological polar surface area (TPSA) is 29.5 Å². The van der Waals surface area contributed by atoms with Gasteiger partial charge in [-0.25, -0.2) is 0 Å². The molecule has 1 aliphatic rings. The number of carbonyl (C=O) groups is 1. The number of fused-ring (bicyclic) bond motifs is 1. The molecule has 3 nitrogen and oxygen atoms in total. The molecule has 1 atom stereocenters. The highest BCUT2D eigenvalue weighted by Gasteiger charge is 2.19. The van der Waals surface area contributed by atoms with Gasteiger partial charge < -0.3 is 9.64 Å². The van der Waals surface area contributed by atoms with Gasteiger partial charge in [0.05, 0.1) is 7.11 Å². The van der Waals surface area contributed by atoms with E-state index in [4.69, 9.17) is 4.74 Å². The second-order valence-corrected chi connectivity index (χ2v) is 5.97. The molecule has 4 heteroatoms. The summed E-state index contributed by atoms with van der Waals surface area (Å²) >= 11 is 0. The van der Waals surface area contributed by atoms with Crippen molar-refractivity contribution >= 4 is 22.3 Å². The van der Waals surface area contributed by atoms with Gasteiger partial charge in [-0.05, 0) is 29.8 Å². The molecule has 1 heterocycles. The maximum absolute atomic E-state index is 11.7. The van der Waals surface area contributed by atoms with Crippen LogP contribution in [0.2, 0.25) is 0 Å². The van der Waals surface area contributed by atoms with E-state index in [9.17, 15) is 4.79 Å². The lowest BCUT2D eigenvalue weighted by atomic mass is 10.2. The Hall–Kier alpha value is -1.55. The third-order valence-corrected chi connectivity index (χ3v) is 4.73. The SMILES string of the molecule is C=CC(=O)N1CCS(=C)c2ccc(OC)cc2C1. The summed E-state index contributed by atoms with van der Waals surface area (Å²) in [6.45, 7) is 4.88. The second-order valence-electron chi connectivity index (χ2n) is 4.13. The Labute approximate surface area is 110 Å². The van der Waals surface area contributed by atoms with Crippen molar-refractivity contribution in [2.75, 3.05) is 19.4 Å². The zero-order valence-electron chi connectivity index (χ0n) is 10.5. The smallest absolute Gasteiger partial charge is 0.246 e. The minimum atomic E-state index is -0.0657. The summed E-state index contributed by atoms with van der Waals surface area (Å²) in [5.74, 6) is 5.89. The molecule has 0 fully saturated rings. The Morgan fingerprint density at radius 3 is 3.00 bits per heavy atom. The zero-order chi connectivity index (χ0) is 13.1. The number of hydrogen-bond donors (Lipinski definition) is 0. The average Bonchev–Trinajstić information content (AvgIpc) is 2.57. The highest BCUT2D eigenvalue weighted by Crippen LogP contribution is 2.34. The fourth-order valence-electron chi connectivity index (χ4n) is 2.02. The number of hydrogen-bond acceptors (Lipinski definition) is 2. The summed E-state index contributed by atoms with van der Waals surface area (Å²) < 4.78 is 5.24. The van der Waals surface area contributed by atoms with E-state index in [1.165, 1.54) is 11.0 Å². The third kappa shape index (κ3) is 2.48. The van der Waals surface area contributed by atoms with Crippen LogP contribution in [0.4, 0.5) is 0 Å². The van der Waals surface area contributed by atoms with Crippen molar-refractivity contribution < 1.29 is 9.53 Å². The van der Waals surface area contributed by atoms with Gasteiger partial charge in [-0.15, -0.1) is 0 Å². The molecule has 1 unspecified atom stereocenters. The van der Waals surface area contributed by atoms with E-state index in [0.29, 0.717) is 6.54 Å². The highest BCUT2D eigenvalue weighted by atomic mass is 32.2. The first-order valence-electron chi connectivity index (χ1n) is 5.74. The minimum absolute atomic E-state index is 0.0253. The predicted molar refractivity (Wildman–Crippen MR) is 76.5 cm³/mol. The monoisotopic (exact) mass is 263 g/mol. The molecule has 0 radical (unpaired) electrons. The first kappa shape index (κ1) is 12.9. The molecule has 0 aliphatic carbocycles. The molecule has 0 N–H and O–H groups in total. The van der Waals surface area contributed by atoms with Gasteiger partial charge in [0.25, 0.3) is 0 Å². The van der Waals surface area contributed by atoms with Crippen molar-refractivity contribution in [1.82, 2.24) is 4.90 Å². The van der Waals surface area contributed by atoms with Gasteiger partial charge in [-0.1, -0.05) is 12.4 Å². The molecule has 1 aromatic carbocycles. The fourth-order valence-corrected chi connectivity index (χ4v) is 3.44. The fraction of sp³-hybridized carbons (Fsp3) is 0.286. The average molecular weight is 263 g/mol. The van der Waals surface area contributed by atoms with Crippen LogP contribution in [0.25, 0.3) is 0 Å². The number of rotatable bonds is 2. The van der Waals surface area contributed by atoms with Crippen LogP contribution >= 0.6 is 10.5 Å².